The second-order valence-electron chi connectivity index (χ2n) is 3.87. The molecule has 0 aromatic heterocycles. The van der Waals surface area contributed by atoms with Gasteiger partial charge in [0, 0.05) is 32.3 Å². The summed E-state index contributed by atoms with van der Waals surface area (Å²) >= 11 is 0. The molecule has 0 atom stereocenters. The van der Waals surface area contributed by atoms with E-state index in [0.717, 1.165) is 0 Å². The van der Waals surface area contributed by atoms with Gasteiger partial charge < -0.3 is 15.4 Å². The van der Waals surface area contributed by atoms with E-state index in [-0.39, 0.29) is 24.7 Å². The van der Waals surface area contributed by atoms with Crippen molar-refractivity contribution < 1.29 is 14.5 Å². The molecule has 0 radical (unpaired) electrons. The molecule has 2 N–H and O–H groups in total. The molecule has 7 heteroatoms. The van der Waals surface area contributed by atoms with Crippen LogP contribution in [0.25, 0.3) is 0 Å². The maximum atomic E-state index is 11.5. The fourth-order valence-electron chi connectivity index (χ4n) is 1.42. The summed E-state index contributed by atoms with van der Waals surface area (Å²) in [6.45, 7) is 1.60. The summed E-state index contributed by atoms with van der Waals surface area (Å²) in [6, 6.07) is 6.18. The first kappa shape index (κ1) is 15.1. The van der Waals surface area contributed by atoms with Gasteiger partial charge in [-0.15, -0.1) is 0 Å². The number of non-ortho nitro benzene ring substituents is 1. The van der Waals surface area contributed by atoms with Crippen LogP contribution in [0.2, 0.25) is 0 Å². The molecule has 0 aliphatic heterocycles. The average molecular weight is 267 g/mol. The molecule has 0 spiro atoms. The third-order valence-corrected chi connectivity index (χ3v) is 2.38. The maximum Gasteiger partial charge on any atom is 0.269 e. The standard InChI is InChI=1S/C12H17N3O4/c1-19-6-5-13-9-12(16)14-8-10-3-2-4-11(7-10)15(17)18/h2-4,7,13H,5-6,8-9H2,1H3,(H,14,16). The lowest BCUT2D eigenvalue weighted by Gasteiger charge is -2.06. The Hall–Kier alpha value is -1.99. The van der Waals surface area contributed by atoms with Crippen LogP contribution in [0.15, 0.2) is 24.3 Å². The molecule has 0 unspecified atom stereocenters. The quantitative estimate of drug-likeness (QED) is 0.405. The number of nitro benzene ring substituents is 1. The Bertz CT molecular complexity index is 437. The highest BCUT2D eigenvalue weighted by Gasteiger charge is 2.06. The molecule has 0 saturated carbocycles. The van der Waals surface area contributed by atoms with Crippen LogP contribution >= 0.6 is 0 Å². The largest absolute Gasteiger partial charge is 0.383 e. The van der Waals surface area contributed by atoms with Gasteiger partial charge in [0.25, 0.3) is 5.69 Å². The van der Waals surface area contributed by atoms with Gasteiger partial charge in [-0.2, -0.15) is 0 Å². The number of amides is 1. The van der Waals surface area contributed by atoms with Gasteiger partial charge in [-0.1, -0.05) is 12.1 Å². The van der Waals surface area contributed by atoms with Crippen molar-refractivity contribution in [2.45, 2.75) is 6.54 Å². The number of ether oxygens (including phenoxy) is 1. The van der Waals surface area contributed by atoms with Crippen molar-refractivity contribution in [3.8, 4) is 0 Å². The summed E-state index contributed by atoms with van der Waals surface area (Å²) in [5.74, 6) is -0.164. The second-order valence-corrected chi connectivity index (χ2v) is 3.87. The van der Waals surface area contributed by atoms with E-state index in [4.69, 9.17) is 4.74 Å². The van der Waals surface area contributed by atoms with Crippen LogP contribution in [0, 0.1) is 10.1 Å². The maximum absolute atomic E-state index is 11.5. The molecule has 104 valence electrons. The number of methoxy groups -OCH3 is 1. The Labute approximate surface area is 111 Å². The zero-order valence-electron chi connectivity index (χ0n) is 10.7. The average Bonchev–Trinajstić information content (AvgIpc) is 2.41. The number of carbonyl (C=O) groups is 1. The fraction of sp³-hybridized carbons (Fsp3) is 0.417. The number of nitrogens with zero attached hydrogens (tertiary/aromatic N) is 1. The summed E-state index contributed by atoms with van der Waals surface area (Å²) in [4.78, 5) is 21.6. The molecule has 0 saturated heterocycles. The molecule has 1 aromatic carbocycles. The predicted octanol–water partition coefficient (Wildman–Crippen LogP) is 0.447. The van der Waals surface area contributed by atoms with Crippen molar-refractivity contribution in [1.29, 1.82) is 0 Å². The van der Waals surface area contributed by atoms with Gasteiger partial charge in [-0.05, 0) is 5.56 Å². The topological polar surface area (TPSA) is 93.5 Å². The second kappa shape index (κ2) is 8.17. The van der Waals surface area contributed by atoms with Crippen molar-refractivity contribution in [3.05, 3.63) is 39.9 Å². The molecule has 7 nitrogen and oxygen atoms in total. The Kier molecular flexibility index (Phi) is 6.48. The lowest BCUT2D eigenvalue weighted by molar-refractivity contribution is -0.384. The summed E-state index contributed by atoms with van der Waals surface area (Å²) in [7, 11) is 1.59. The number of nitrogens with one attached hydrogen (secondary N) is 2. The Morgan fingerprint density at radius 3 is 2.95 bits per heavy atom. The number of benzene rings is 1. The van der Waals surface area contributed by atoms with Gasteiger partial charge in [0.15, 0.2) is 0 Å². The van der Waals surface area contributed by atoms with E-state index < -0.39 is 4.92 Å². The number of carbonyl (C=O) groups excluding carboxylic acids is 1. The predicted molar refractivity (Wildman–Crippen MR) is 69.7 cm³/mol. The van der Waals surface area contributed by atoms with E-state index >= 15 is 0 Å². The van der Waals surface area contributed by atoms with Crippen LogP contribution in [-0.4, -0.2) is 37.6 Å². The van der Waals surface area contributed by atoms with Gasteiger partial charge in [0.2, 0.25) is 5.91 Å². The SMILES string of the molecule is COCCNCC(=O)NCc1cccc([N+](=O)[O-])c1. The van der Waals surface area contributed by atoms with Gasteiger partial charge in [0.1, 0.15) is 0 Å². The van der Waals surface area contributed by atoms with Crippen molar-refractivity contribution in [2.75, 3.05) is 26.8 Å². The van der Waals surface area contributed by atoms with Crippen LogP contribution < -0.4 is 10.6 Å². The van der Waals surface area contributed by atoms with Gasteiger partial charge >= 0.3 is 0 Å². The van der Waals surface area contributed by atoms with Crippen molar-refractivity contribution in [3.63, 3.8) is 0 Å². The van der Waals surface area contributed by atoms with E-state index in [9.17, 15) is 14.9 Å². The first-order valence-corrected chi connectivity index (χ1v) is 5.83. The molecule has 0 aliphatic rings. The van der Waals surface area contributed by atoms with E-state index in [1.54, 1.807) is 19.2 Å². The van der Waals surface area contributed by atoms with Crippen molar-refractivity contribution in [1.82, 2.24) is 10.6 Å². The van der Waals surface area contributed by atoms with Gasteiger partial charge in [0.05, 0.1) is 18.1 Å². The lowest BCUT2D eigenvalue weighted by atomic mass is 10.2. The summed E-state index contributed by atoms with van der Waals surface area (Å²) in [5, 5.41) is 16.2. The number of hydrogen-bond acceptors (Lipinski definition) is 5. The summed E-state index contributed by atoms with van der Waals surface area (Å²) in [6.07, 6.45) is 0. The molecule has 19 heavy (non-hydrogen) atoms. The molecule has 0 fully saturated rings. The third kappa shape index (κ3) is 5.94. The first-order chi connectivity index (χ1) is 9.13. The lowest BCUT2D eigenvalue weighted by Crippen LogP contribution is -2.34. The van der Waals surface area contributed by atoms with E-state index in [0.29, 0.717) is 18.7 Å². The third-order valence-electron chi connectivity index (χ3n) is 2.38. The highest BCUT2D eigenvalue weighted by molar-refractivity contribution is 5.77. The smallest absolute Gasteiger partial charge is 0.269 e. The van der Waals surface area contributed by atoms with Crippen LogP contribution in [0.4, 0.5) is 5.69 Å². The minimum absolute atomic E-state index is 0.0185. The van der Waals surface area contributed by atoms with E-state index in [2.05, 4.69) is 10.6 Å². The molecule has 0 heterocycles. The molecular formula is C12H17N3O4. The molecule has 0 aliphatic carbocycles. The Morgan fingerprint density at radius 1 is 1.47 bits per heavy atom. The van der Waals surface area contributed by atoms with Gasteiger partial charge in [-0.3, -0.25) is 14.9 Å². The van der Waals surface area contributed by atoms with Crippen LogP contribution in [0.3, 0.4) is 0 Å². The Morgan fingerprint density at radius 2 is 2.26 bits per heavy atom. The minimum atomic E-state index is -0.461. The minimum Gasteiger partial charge on any atom is -0.383 e. The van der Waals surface area contributed by atoms with E-state index in [1.165, 1.54) is 12.1 Å². The van der Waals surface area contributed by atoms with Gasteiger partial charge in [-0.25, -0.2) is 0 Å². The highest BCUT2D eigenvalue weighted by Crippen LogP contribution is 2.12. The van der Waals surface area contributed by atoms with E-state index in [1.807, 2.05) is 0 Å². The molecule has 1 aromatic rings. The first-order valence-electron chi connectivity index (χ1n) is 5.83. The molecule has 1 rings (SSSR count). The summed E-state index contributed by atoms with van der Waals surface area (Å²) in [5.41, 5.74) is 0.712. The van der Waals surface area contributed by atoms with Crippen LogP contribution in [-0.2, 0) is 16.1 Å². The van der Waals surface area contributed by atoms with Crippen molar-refractivity contribution in [2.24, 2.45) is 0 Å². The number of rotatable bonds is 8. The zero-order valence-corrected chi connectivity index (χ0v) is 10.7. The molecular weight excluding hydrogens is 250 g/mol. The van der Waals surface area contributed by atoms with Crippen molar-refractivity contribution >= 4 is 11.6 Å². The highest BCUT2D eigenvalue weighted by atomic mass is 16.6. The zero-order chi connectivity index (χ0) is 14.1. The van der Waals surface area contributed by atoms with Crippen LogP contribution in [0.1, 0.15) is 5.56 Å². The fourth-order valence-corrected chi connectivity index (χ4v) is 1.42. The Balaban J connectivity index is 2.33. The molecule has 1 amide bonds. The number of hydrogen-bond donors (Lipinski definition) is 2. The molecule has 0 bridgehead atoms. The number of nitro groups is 1. The van der Waals surface area contributed by atoms with Crippen LogP contribution in [0.5, 0.6) is 0 Å². The normalized spacial score (nSPS) is 10.2. The summed E-state index contributed by atoms with van der Waals surface area (Å²) < 4.78 is 4.83. The monoisotopic (exact) mass is 267 g/mol.